The first-order chi connectivity index (χ1) is 15.1. The molecule has 1 amide bonds. The fourth-order valence-electron chi connectivity index (χ4n) is 4.04. The number of fused-ring (bicyclic) bond motifs is 1. The van der Waals surface area contributed by atoms with Gasteiger partial charge in [-0.3, -0.25) is 9.69 Å². The number of aromatic amines is 1. The summed E-state index contributed by atoms with van der Waals surface area (Å²) in [7, 11) is 1.70. The van der Waals surface area contributed by atoms with E-state index in [1.807, 2.05) is 48.5 Å². The first-order valence-corrected chi connectivity index (χ1v) is 10.8. The third-order valence-corrected chi connectivity index (χ3v) is 5.85. The van der Waals surface area contributed by atoms with E-state index in [0.29, 0.717) is 12.1 Å². The van der Waals surface area contributed by atoms with Gasteiger partial charge < -0.3 is 25.0 Å². The number of nitrogens with one attached hydrogen (secondary N) is 2. The van der Waals surface area contributed by atoms with Crippen LogP contribution in [-0.2, 0) is 0 Å². The van der Waals surface area contributed by atoms with E-state index in [1.165, 1.54) is 0 Å². The van der Waals surface area contributed by atoms with E-state index < -0.39 is 6.10 Å². The lowest BCUT2D eigenvalue weighted by Crippen LogP contribution is -2.47. The standard InChI is InChI=1S/C24H30N4O3.ClH/c1-31-23-9-5-4-8-22(23)28-14-12-27(13-15-28)11-10-19(29)17-25-24(30)21-16-18-6-2-3-7-20(18)26-21;/h2-9,16,19,26,29H,10-15,17H2,1H3,(H,25,30);1H. The Kier molecular flexibility index (Phi) is 8.39. The molecule has 0 radical (unpaired) electrons. The molecule has 1 atom stereocenters. The SMILES string of the molecule is COc1ccccc1N1CCN(CCC(O)CNC(=O)c2cc3ccccc3[nH]2)CC1.Cl. The molecule has 2 heterocycles. The molecule has 1 fully saturated rings. The van der Waals surface area contributed by atoms with Crippen LogP contribution >= 0.6 is 12.4 Å². The van der Waals surface area contributed by atoms with Gasteiger partial charge in [0.25, 0.3) is 5.91 Å². The third-order valence-electron chi connectivity index (χ3n) is 5.85. The normalized spacial score (nSPS) is 15.2. The second-order valence-electron chi connectivity index (χ2n) is 7.92. The monoisotopic (exact) mass is 458 g/mol. The highest BCUT2D eigenvalue weighted by Crippen LogP contribution is 2.28. The molecule has 3 aromatic rings. The highest BCUT2D eigenvalue weighted by Gasteiger charge is 2.20. The van der Waals surface area contributed by atoms with Gasteiger partial charge in [-0.2, -0.15) is 0 Å². The van der Waals surface area contributed by atoms with Crippen molar-refractivity contribution in [1.29, 1.82) is 0 Å². The molecule has 1 aliphatic rings. The summed E-state index contributed by atoms with van der Waals surface area (Å²) in [5.41, 5.74) is 2.57. The molecule has 0 aliphatic carbocycles. The number of aromatic nitrogens is 1. The topological polar surface area (TPSA) is 80.8 Å². The molecule has 0 saturated carbocycles. The molecule has 0 bridgehead atoms. The number of methoxy groups -OCH3 is 1. The number of carbonyl (C=O) groups is 1. The zero-order chi connectivity index (χ0) is 21.6. The number of halogens is 1. The second kappa shape index (κ2) is 11.2. The summed E-state index contributed by atoms with van der Waals surface area (Å²) < 4.78 is 5.47. The summed E-state index contributed by atoms with van der Waals surface area (Å²) in [5.74, 6) is 0.706. The number of rotatable bonds is 8. The number of aliphatic hydroxyl groups is 1. The Balaban J connectivity index is 0.00000289. The van der Waals surface area contributed by atoms with Crippen LogP contribution in [-0.4, -0.2) is 73.4 Å². The first kappa shape index (κ1) is 23.9. The molecule has 1 aromatic heterocycles. The highest BCUT2D eigenvalue weighted by atomic mass is 35.5. The Hall–Kier alpha value is -2.74. The fraction of sp³-hybridized carbons (Fsp3) is 0.375. The van der Waals surface area contributed by atoms with E-state index in [-0.39, 0.29) is 24.9 Å². The third kappa shape index (κ3) is 5.73. The second-order valence-corrected chi connectivity index (χ2v) is 7.92. The molecule has 1 aliphatic heterocycles. The lowest BCUT2D eigenvalue weighted by molar-refractivity contribution is 0.0893. The maximum Gasteiger partial charge on any atom is 0.267 e. The van der Waals surface area contributed by atoms with Crippen LogP contribution in [0.4, 0.5) is 5.69 Å². The molecule has 2 aromatic carbocycles. The van der Waals surface area contributed by atoms with Gasteiger partial charge in [0, 0.05) is 50.2 Å². The number of aliphatic hydroxyl groups excluding tert-OH is 1. The van der Waals surface area contributed by atoms with Crippen LogP contribution in [0, 0.1) is 0 Å². The number of benzene rings is 2. The van der Waals surface area contributed by atoms with Crippen molar-refractivity contribution in [3.8, 4) is 5.75 Å². The largest absolute Gasteiger partial charge is 0.495 e. The van der Waals surface area contributed by atoms with Crippen molar-refractivity contribution < 1.29 is 14.6 Å². The fourth-order valence-corrected chi connectivity index (χ4v) is 4.04. The maximum absolute atomic E-state index is 12.4. The number of H-pyrrole nitrogens is 1. The van der Waals surface area contributed by atoms with E-state index in [9.17, 15) is 9.90 Å². The van der Waals surface area contributed by atoms with Crippen LogP contribution in [0.1, 0.15) is 16.9 Å². The minimum atomic E-state index is -0.569. The van der Waals surface area contributed by atoms with Gasteiger partial charge in [0.05, 0.1) is 18.9 Å². The lowest BCUT2D eigenvalue weighted by atomic mass is 10.2. The maximum atomic E-state index is 12.4. The van der Waals surface area contributed by atoms with Gasteiger partial charge in [-0.1, -0.05) is 30.3 Å². The zero-order valence-corrected chi connectivity index (χ0v) is 19.1. The number of para-hydroxylation sites is 3. The predicted molar refractivity (Wildman–Crippen MR) is 130 cm³/mol. The molecular weight excluding hydrogens is 428 g/mol. The Morgan fingerprint density at radius 3 is 2.59 bits per heavy atom. The first-order valence-electron chi connectivity index (χ1n) is 10.8. The van der Waals surface area contributed by atoms with Crippen LogP contribution in [0.2, 0.25) is 0 Å². The number of hydrogen-bond donors (Lipinski definition) is 3. The molecular formula is C24H31ClN4O3. The number of nitrogens with zero attached hydrogens (tertiary/aromatic N) is 2. The number of amides is 1. The van der Waals surface area contributed by atoms with Crippen molar-refractivity contribution in [2.75, 3.05) is 51.3 Å². The van der Waals surface area contributed by atoms with E-state index in [0.717, 1.165) is 55.1 Å². The lowest BCUT2D eigenvalue weighted by Gasteiger charge is -2.36. The van der Waals surface area contributed by atoms with Crippen LogP contribution in [0.3, 0.4) is 0 Å². The van der Waals surface area contributed by atoms with Crippen LogP contribution < -0.4 is 15.0 Å². The molecule has 1 unspecified atom stereocenters. The molecule has 8 heteroatoms. The molecule has 32 heavy (non-hydrogen) atoms. The van der Waals surface area contributed by atoms with Gasteiger partial charge in [0.1, 0.15) is 11.4 Å². The molecule has 1 saturated heterocycles. The van der Waals surface area contributed by atoms with E-state index in [1.54, 1.807) is 7.11 Å². The zero-order valence-electron chi connectivity index (χ0n) is 18.3. The van der Waals surface area contributed by atoms with Gasteiger partial charge >= 0.3 is 0 Å². The number of hydrogen-bond acceptors (Lipinski definition) is 5. The number of carbonyl (C=O) groups excluding carboxylic acids is 1. The van der Waals surface area contributed by atoms with Crippen LogP contribution in [0.5, 0.6) is 5.75 Å². The van der Waals surface area contributed by atoms with Crippen molar-refractivity contribution in [1.82, 2.24) is 15.2 Å². The van der Waals surface area contributed by atoms with Gasteiger partial charge in [0.2, 0.25) is 0 Å². The Labute approximate surface area is 194 Å². The smallest absolute Gasteiger partial charge is 0.267 e. The summed E-state index contributed by atoms with van der Waals surface area (Å²) in [6.45, 7) is 4.78. The molecule has 0 spiro atoms. The quantitative estimate of drug-likeness (QED) is 0.483. The molecule has 4 rings (SSSR count). The summed E-state index contributed by atoms with van der Waals surface area (Å²) in [6, 6.07) is 17.7. The number of anilines is 1. The van der Waals surface area contributed by atoms with Crippen LogP contribution in [0.25, 0.3) is 10.9 Å². The predicted octanol–water partition coefficient (Wildman–Crippen LogP) is 2.90. The van der Waals surface area contributed by atoms with E-state index >= 15 is 0 Å². The van der Waals surface area contributed by atoms with Gasteiger partial charge in [-0.15, -0.1) is 12.4 Å². The summed E-state index contributed by atoms with van der Waals surface area (Å²) in [5, 5.41) is 14.2. The van der Waals surface area contributed by atoms with Gasteiger partial charge in [0.15, 0.2) is 0 Å². The Morgan fingerprint density at radius 1 is 1.12 bits per heavy atom. The minimum Gasteiger partial charge on any atom is -0.495 e. The Morgan fingerprint density at radius 2 is 1.84 bits per heavy atom. The van der Waals surface area contributed by atoms with Gasteiger partial charge in [-0.05, 0) is 30.7 Å². The summed E-state index contributed by atoms with van der Waals surface area (Å²) in [6.07, 6.45) is 0.0577. The van der Waals surface area contributed by atoms with Crippen molar-refractivity contribution in [2.24, 2.45) is 0 Å². The average molecular weight is 459 g/mol. The summed E-state index contributed by atoms with van der Waals surface area (Å²) >= 11 is 0. The highest BCUT2D eigenvalue weighted by molar-refractivity contribution is 5.97. The minimum absolute atomic E-state index is 0. The Bertz CT molecular complexity index is 984. The van der Waals surface area contributed by atoms with Crippen molar-refractivity contribution in [3.05, 3.63) is 60.3 Å². The molecule has 7 nitrogen and oxygen atoms in total. The van der Waals surface area contributed by atoms with E-state index in [2.05, 4.69) is 26.2 Å². The van der Waals surface area contributed by atoms with Gasteiger partial charge in [-0.25, -0.2) is 0 Å². The molecule has 3 N–H and O–H groups in total. The number of ether oxygens (including phenoxy) is 1. The summed E-state index contributed by atoms with van der Waals surface area (Å²) in [4.78, 5) is 20.2. The average Bonchev–Trinajstić information content (AvgIpc) is 3.26. The molecule has 172 valence electrons. The van der Waals surface area contributed by atoms with Crippen LogP contribution in [0.15, 0.2) is 54.6 Å². The van der Waals surface area contributed by atoms with E-state index in [4.69, 9.17) is 4.74 Å². The van der Waals surface area contributed by atoms with Crippen molar-refractivity contribution in [3.63, 3.8) is 0 Å². The van der Waals surface area contributed by atoms with Crippen molar-refractivity contribution >= 4 is 34.9 Å². The number of piperazine rings is 1. The van der Waals surface area contributed by atoms with Crippen molar-refractivity contribution in [2.45, 2.75) is 12.5 Å².